The summed E-state index contributed by atoms with van der Waals surface area (Å²) in [6, 6.07) is 13.1. The van der Waals surface area contributed by atoms with Crippen LogP contribution in [0.5, 0.6) is 5.75 Å². The largest absolute Gasteiger partial charge is 0.497 e. The zero-order valence-corrected chi connectivity index (χ0v) is 17.1. The SMILES string of the molecule is COc1ccc(-n2cnnc2SCC(=O)Nc2cc(-c3nnco3)ccc2C)cc1. The van der Waals surface area contributed by atoms with Crippen molar-refractivity contribution in [1.29, 1.82) is 0 Å². The van der Waals surface area contributed by atoms with E-state index >= 15 is 0 Å². The van der Waals surface area contributed by atoms with Gasteiger partial charge in [-0.15, -0.1) is 20.4 Å². The molecular formula is C20H18N6O3S. The highest BCUT2D eigenvalue weighted by molar-refractivity contribution is 7.99. The summed E-state index contributed by atoms with van der Waals surface area (Å²) >= 11 is 1.30. The first-order chi connectivity index (χ1) is 14.6. The van der Waals surface area contributed by atoms with Crippen LogP contribution >= 0.6 is 11.8 Å². The first-order valence-electron chi connectivity index (χ1n) is 8.98. The third-order valence-electron chi connectivity index (χ3n) is 4.32. The molecule has 2 aromatic heterocycles. The van der Waals surface area contributed by atoms with Crippen molar-refractivity contribution < 1.29 is 13.9 Å². The van der Waals surface area contributed by atoms with Gasteiger partial charge in [0.05, 0.1) is 12.9 Å². The molecule has 9 nitrogen and oxygen atoms in total. The number of anilines is 1. The Bertz CT molecular complexity index is 1140. The molecule has 0 aliphatic rings. The van der Waals surface area contributed by atoms with Gasteiger partial charge in [0.1, 0.15) is 12.1 Å². The Hall–Kier alpha value is -3.66. The fourth-order valence-electron chi connectivity index (χ4n) is 2.75. The Morgan fingerprint density at radius 2 is 2.00 bits per heavy atom. The molecule has 10 heteroatoms. The Labute approximate surface area is 176 Å². The lowest BCUT2D eigenvalue weighted by atomic mass is 10.1. The van der Waals surface area contributed by atoms with Crippen LogP contribution in [-0.4, -0.2) is 43.7 Å². The maximum Gasteiger partial charge on any atom is 0.247 e. The molecule has 0 fully saturated rings. The van der Waals surface area contributed by atoms with E-state index in [1.54, 1.807) is 13.4 Å². The minimum absolute atomic E-state index is 0.157. The summed E-state index contributed by atoms with van der Waals surface area (Å²) in [6.07, 6.45) is 2.88. The van der Waals surface area contributed by atoms with E-state index in [0.29, 0.717) is 16.7 Å². The third kappa shape index (κ3) is 4.33. The predicted molar refractivity (Wildman–Crippen MR) is 112 cm³/mol. The van der Waals surface area contributed by atoms with Gasteiger partial charge in [-0.3, -0.25) is 9.36 Å². The normalized spacial score (nSPS) is 10.7. The van der Waals surface area contributed by atoms with E-state index in [2.05, 4.69) is 25.7 Å². The van der Waals surface area contributed by atoms with Crippen LogP contribution in [0.25, 0.3) is 17.1 Å². The Balaban J connectivity index is 1.43. The number of aromatic nitrogens is 5. The van der Waals surface area contributed by atoms with E-state index in [4.69, 9.17) is 9.15 Å². The predicted octanol–water partition coefficient (Wildman–Crippen LogP) is 3.37. The molecule has 0 bridgehead atoms. The first-order valence-corrected chi connectivity index (χ1v) is 9.97. The number of rotatable bonds is 7. The van der Waals surface area contributed by atoms with E-state index in [1.807, 2.05) is 54.0 Å². The van der Waals surface area contributed by atoms with E-state index in [-0.39, 0.29) is 11.7 Å². The van der Waals surface area contributed by atoms with Crippen LogP contribution in [0.1, 0.15) is 5.56 Å². The number of thioether (sulfide) groups is 1. The van der Waals surface area contributed by atoms with Crippen LogP contribution in [-0.2, 0) is 4.79 Å². The molecule has 0 aliphatic heterocycles. The average Bonchev–Trinajstić information content (AvgIpc) is 3.46. The number of methoxy groups -OCH3 is 1. The molecule has 0 aliphatic carbocycles. The topological polar surface area (TPSA) is 108 Å². The van der Waals surface area contributed by atoms with Crippen LogP contribution in [0.3, 0.4) is 0 Å². The van der Waals surface area contributed by atoms with Crippen LogP contribution in [0.4, 0.5) is 5.69 Å². The quantitative estimate of drug-likeness (QED) is 0.452. The highest BCUT2D eigenvalue weighted by Crippen LogP contribution is 2.25. The number of carbonyl (C=O) groups is 1. The lowest BCUT2D eigenvalue weighted by molar-refractivity contribution is -0.113. The van der Waals surface area contributed by atoms with Gasteiger partial charge in [0.15, 0.2) is 5.16 Å². The van der Waals surface area contributed by atoms with E-state index in [0.717, 1.165) is 22.6 Å². The van der Waals surface area contributed by atoms with Crippen molar-refractivity contribution in [2.24, 2.45) is 0 Å². The number of hydrogen-bond acceptors (Lipinski definition) is 8. The molecule has 152 valence electrons. The number of aryl methyl sites for hydroxylation is 1. The van der Waals surface area contributed by atoms with Crippen molar-refractivity contribution in [3.05, 3.63) is 60.7 Å². The summed E-state index contributed by atoms with van der Waals surface area (Å²) in [5, 5.41) is 19.2. The van der Waals surface area contributed by atoms with E-state index < -0.39 is 0 Å². The number of hydrogen-bond donors (Lipinski definition) is 1. The van der Waals surface area contributed by atoms with Gasteiger partial charge >= 0.3 is 0 Å². The van der Waals surface area contributed by atoms with E-state index in [1.165, 1.54) is 18.2 Å². The summed E-state index contributed by atoms with van der Waals surface area (Å²) in [4.78, 5) is 12.5. The van der Waals surface area contributed by atoms with Gasteiger partial charge in [-0.25, -0.2) is 0 Å². The zero-order chi connectivity index (χ0) is 20.9. The fraction of sp³-hybridized carbons (Fsp3) is 0.150. The highest BCUT2D eigenvalue weighted by Gasteiger charge is 2.13. The van der Waals surface area contributed by atoms with Crippen molar-refractivity contribution in [2.45, 2.75) is 12.1 Å². The van der Waals surface area contributed by atoms with E-state index in [9.17, 15) is 4.79 Å². The summed E-state index contributed by atoms with van der Waals surface area (Å²) < 4.78 is 12.2. The average molecular weight is 422 g/mol. The smallest absolute Gasteiger partial charge is 0.247 e. The Kier molecular flexibility index (Phi) is 5.75. The van der Waals surface area contributed by atoms with Gasteiger partial charge in [0.25, 0.3) is 0 Å². The van der Waals surface area contributed by atoms with Gasteiger partial charge in [-0.1, -0.05) is 17.8 Å². The molecule has 2 heterocycles. The maximum atomic E-state index is 12.5. The van der Waals surface area contributed by atoms with Gasteiger partial charge in [0.2, 0.25) is 18.2 Å². The minimum Gasteiger partial charge on any atom is -0.497 e. The molecular weight excluding hydrogens is 404 g/mol. The number of ether oxygens (including phenoxy) is 1. The molecule has 4 rings (SSSR count). The van der Waals surface area contributed by atoms with Crippen molar-refractivity contribution in [3.8, 4) is 22.9 Å². The molecule has 0 radical (unpaired) electrons. The monoisotopic (exact) mass is 422 g/mol. The number of nitrogens with one attached hydrogen (secondary N) is 1. The lowest BCUT2D eigenvalue weighted by Gasteiger charge is -2.10. The second-order valence-electron chi connectivity index (χ2n) is 6.29. The maximum absolute atomic E-state index is 12.5. The number of benzene rings is 2. The van der Waals surface area contributed by atoms with Crippen LogP contribution in [0, 0.1) is 6.92 Å². The third-order valence-corrected chi connectivity index (χ3v) is 5.26. The number of carbonyl (C=O) groups excluding carboxylic acids is 1. The summed E-state index contributed by atoms with van der Waals surface area (Å²) in [7, 11) is 1.62. The molecule has 1 amide bonds. The van der Waals surface area contributed by atoms with Crippen LogP contribution in [0.2, 0.25) is 0 Å². The van der Waals surface area contributed by atoms with Crippen molar-refractivity contribution >= 4 is 23.4 Å². The summed E-state index contributed by atoms with van der Waals surface area (Å²) in [6.45, 7) is 1.92. The fourth-order valence-corrected chi connectivity index (χ4v) is 3.48. The van der Waals surface area contributed by atoms with Crippen molar-refractivity contribution in [1.82, 2.24) is 25.0 Å². The molecule has 4 aromatic rings. The lowest BCUT2D eigenvalue weighted by Crippen LogP contribution is -2.15. The van der Waals surface area contributed by atoms with Gasteiger partial charge in [-0.05, 0) is 48.9 Å². The van der Waals surface area contributed by atoms with Crippen LogP contribution in [0.15, 0.2) is 64.8 Å². The second-order valence-corrected chi connectivity index (χ2v) is 7.23. The van der Waals surface area contributed by atoms with Crippen molar-refractivity contribution in [3.63, 3.8) is 0 Å². The molecule has 1 N–H and O–H groups in total. The number of amides is 1. The summed E-state index contributed by atoms with van der Waals surface area (Å²) in [5.74, 6) is 1.18. The molecule has 0 saturated heterocycles. The van der Waals surface area contributed by atoms with Crippen LogP contribution < -0.4 is 10.1 Å². The van der Waals surface area contributed by atoms with Gasteiger partial charge in [0, 0.05) is 16.9 Å². The molecule has 0 spiro atoms. The van der Waals surface area contributed by atoms with Crippen molar-refractivity contribution in [2.75, 3.05) is 18.2 Å². The Morgan fingerprint density at radius 3 is 2.73 bits per heavy atom. The zero-order valence-electron chi connectivity index (χ0n) is 16.3. The molecule has 0 atom stereocenters. The highest BCUT2D eigenvalue weighted by atomic mass is 32.2. The minimum atomic E-state index is -0.157. The molecule has 0 saturated carbocycles. The summed E-state index contributed by atoms with van der Waals surface area (Å²) in [5.41, 5.74) is 3.23. The standard InChI is InChI=1S/C20H18N6O3S/c1-13-3-4-14(19-24-22-12-29-19)9-17(13)23-18(27)10-30-20-25-21-11-26(20)15-5-7-16(28-2)8-6-15/h3-9,11-12H,10H2,1-2H3,(H,23,27). The molecule has 30 heavy (non-hydrogen) atoms. The molecule has 0 unspecified atom stereocenters. The first kappa shape index (κ1) is 19.6. The Morgan fingerprint density at radius 1 is 1.17 bits per heavy atom. The van der Waals surface area contributed by atoms with Gasteiger partial charge < -0.3 is 14.5 Å². The number of nitrogens with zero attached hydrogens (tertiary/aromatic N) is 5. The second kappa shape index (κ2) is 8.78. The van der Waals surface area contributed by atoms with Gasteiger partial charge in [-0.2, -0.15) is 0 Å². The molecule has 2 aromatic carbocycles.